The number of hydrogen-bond donors (Lipinski definition) is 0. The van der Waals surface area contributed by atoms with E-state index in [4.69, 9.17) is 18.9 Å². The summed E-state index contributed by atoms with van der Waals surface area (Å²) in [6, 6.07) is 13.0. The minimum Gasteiger partial charge on any atom is -0.437 e. The van der Waals surface area contributed by atoms with Crippen molar-refractivity contribution in [2.75, 3.05) is 20.3 Å². The zero-order valence-electron chi connectivity index (χ0n) is 16.0. The Labute approximate surface area is 163 Å². The lowest BCUT2D eigenvalue weighted by Gasteiger charge is -2.34. The first-order valence-corrected chi connectivity index (χ1v) is 8.77. The van der Waals surface area contributed by atoms with Gasteiger partial charge in [0, 0.05) is 11.0 Å². The Hall–Kier alpha value is -2.90. The molecule has 0 amide bonds. The van der Waals surface area contributed by atoms with Crippen LogP contribution in [0, 0.1) is 5.41 Å². The average Bonchev–Trinajstić information content (AvgIpc) is 2.69. The number of carbonyl (C=O) groups is 2. The maximum absolute atomic E-state index is 12.3. The number of hydrogen-bond acceptors (Lipinski definition) is 7. The molecule has 0 unspecified atom stereocenters. The molecule has 1 fully saturated rings. The number of rotatable bonds is 4. The molecular weight excluding hydrogens is 364 g/mol. The second kappa shape index (κ2) is 8.41. The molecule has 2 aromatic carbocycles. The van der Waals surface area contributed by atoms with Gasteiger partial charge < -0.3 is 23.7 Å². The van der Waals surface area contributed by atoms with Crippen LogP contribution in [0.15, 0.2) is 48.5 Å². The zero-order valence-corrected chi connectivity index (χ0v) is 16.0. The van der Waals surface area contributed by atoms with Crippen molar-refractivity contribution in [3.8, 4) is 11.5 Å². The van der Waals surface area contributed by atoms with Gasteiger partial charge in [-0.25, -0.2) is 9.59 Å². The van der Waals surface area contributed by atoms with Crippen molar-refractivity contribution in [2.45, 2.75) is 20.1 Å². The van der Waals surface area contributed by atoms with Crippen LogP contribution in [-0.4, -0.2) is 32.4 Å². The van der Waals surface area contributed by atoms with E-state index in [0.29, 0.717) is 24.5 Å². The van der Waals surface area contributed by atoms with Crippen LogP contribution in [0.1, 0.15) is 36.1 Å². The van der Waals surface area contributed by atoms with Crippen LogP contribution in [-0.2, 0) is 14.2 Å². The van der Waals surface area contributed by atoms with Gasteiger partial charge in [-0.3, -0.25) is 0 Å². The summed E-state index contributed by atoms with van der Waals surface area (Å²) in [5.41, 5.74) is 1.19. The Bertz CT molecular complexity index is 815. The molecule has 28 heavy (non-hydrogen) atoms. The minimum absolute atomic E-state index is 0.00338. The molecule has 0 spiro atoms. The Balaban J connectivity index is 1.58. The summed E-state index contributed by atoms with van der Waals surface area (Å²) in [7, 11) is 1.21. The smallest absolute Gasteiger partial charge is 0.437 e. The van der Waals surface area contributed by atoms with Crippen molar-refractivity contribution in [3.63, 3.8) is 0 Å². The van der Waals surface area contributed by atoms with E-state index >= 15 is 0 Å². The lowest BCUT2D eigenvalue weighted by Crippen LogP contribution is -2.33. The van der Waals surface area contributed by atoms with Crippen LogP contribution < -0.4 is 9.47 Å². The number of benzene rings is 2. The topological polar surface area (TPSA) is 80.3 Å². The molecule has 0 saturated carbocycles. The fraction of sp³-hybridized carbons (Fsp3) is 0.333. The first-order valence-electron chi connectivity index (χ1n) is 8.77. The Morgan fingerprint density at radius 3 is 2.00 bits per heavy atom. The molecule has 0 bridgehead atoms. The minimum atomic E-state index is -0.829. The first-order chi connectivity index (χ1) is 13.4. The Kier molecular flexibility index (Phi) is 5.96. The molecule has 0 radical (unpaired) electrons. The maximum Gasteiger partial charge on any atom is 0.513 e. The van der Waals surface area contributed by atoms with Crippen molar-refractivity contribution >= 4 is 12.1 Å². The molecule has 7 heteroatoms. The molecule has 0 atom stereocenters. The average molecular weight is 386 g/mol. The third-order valence-corrected chi connectivity index (χ3v) is 4.07. The third-order valence-electron chi connectivity index (χ3n) is 4.07. The standard InChI is InChI=1S/C21H22O7/c1-21(2)12-25-19(26-13-21)15-6-10-16(11-7-15)27-18(22)14-4-8-17(9-5-14)28-20(23)24-3/h4-11,19H,12-13H2,1-3H3. The molecule has 0 aliphatic carbocycles. The van der Waals surface area contributed by atoms with E-state index in [1.165, 1.54) is 31.4 Å². The predicted molar refractivity (Wildman–Crippen MR) is 99.3 cm³/mol. The molecule has 1 aliphatic rings. The molecule has 148 valence electrons. The molecule has 7 nitrogen and oxygen atoms in total. The van der Waals surface area contributed by atoms with Crippen LogP contribution in [0.4, 0.5) is 4.79 Å². The first kappa shape index (κ1) is 19.9. The lowest BCUT2D eigenvalue weighted by molar-refractivity contribution is -0.226. The van der Waals surface area contributed by atoms with Crippen molar-refractivity contribution in [2.24, 2.45) is 5.41 Å². The molecule has 1 heterocycles. The van der Waals surface area contributed by atoms with Gasteiger partial charge in [0.2, 0.25) is 0 Å². The van der Waals surface area contributed by atoms with Crippen molar-refractivity contribution in [3.05, 3.63) is 59.7 Å². The number of esters is 1. The van der Waals surface area contributed by atoms with E-state index in [-0.39, 0.29) is 11.2 Å². The Morgan fingerprint density at radius 1 is 0.893 bits per heavy atom. The van der Waals surface area contributed by atoms with Crippen LogP contribution in [0.25, 0.3) is 0 Å². The molecule has 3 rings (SSSR count). The summed E-state index contributed by atoms with van der Waals surface area (Å²) >= 11 is 0. The van der Waals surface area contributed by atoms with E-state index in [2.05, 4.69) is 18.6 Å². The fourth-order valence-electron chi connectivity index (χ4n) is 2.54. The van der Waals surface area contributed by atoms with E-state index in [1.807, 2.05) is 0 Å². The van der Waals surface area contributed by atoms with E-state index in [9.17, 15) is 9.59 Å². The van der Waals surface area contributed by atoms with Crippen molar-refractivity contribution in [1.29, 1.82) is 0 Å². The fourth-order valence-corrected chi connectivity index (χ4v) is 2.54. The largest absolute Gasteiger partial charge is 0.513 e. The maximum atomic E-state index is 12.3. The van der Waals surface area contributed by atoms with Crippen LogP contribution in [0.5, 0.6) is 11.5 Å². The van der Waals surface area contributed by atoms with Crippen LogP contribution in [0.3, 0.4) is 0 Å². The predicted octanol–water partition coefficient (Wildman–Crippen LogP) is 4.12. The Morgan fingerprint density at radius 2 is 1.43 bits per heavy atom. The molecule has 1 aliphatic heterocycles. The highest BCUT2D eigenvalue weighted by molar-refractivity contribution is 5.91. The second-order valence-corrected chi connectivity index (χ2v) is 7.16. The second-order valence-electron chi connectivity index (χ2n) is 7.16. The summed E-state index contributed by atoms with van der Waals surface area (Å²) in [4.78, 5) is 23.3. The van der Waals surface area contributed by atoms with Gasteiger partial charge in [-0.1, -0.05) is 26.0 Å². The van der Waals surface area contributed by atoms with Gasteiger partial charge in [0.1, 0.15) is 11.5 Å². The molecular formula is C21H22O7. The van der Waals surface area contributed by atoms with E-state index in [1.54, 1.807) is 24.3 Å². The van der Waals surface area contributed by atoms with E-state index in [0.717, 1.165) is 5.56 Å². The molecule has 1 saturated heterocycles. The van der Waals surface area contributed by atoms with Gasteiger partial charge in [0.15, 0.2) is 6.29 Å². The van der Waals surface area contributed by atoms with Gasteiger partial charge in [-0.15, -0.1) is 0 Å². The summed E-state index contributed by atoms with van der Waals surface area (Å²) in [6.07, 6.45) is -1.25. The highest BCUT2D eigenvalue weighted by Crippen LogP contribution is 2.31. The highest BCUT2D eigenvalue weighted by Gasteiger charge is 2.29. The van der Waals surface area contributed by atoms with Gasteiger partial charge in [0.05, 0.1) is 25.9 Å². The summed E-state index contributed by atoms with van der Waals surface area (Å²) in [6.45, 7) is 5.40. The molecule has 0 N–H and O–H groups in total. The lowest BCUT2D eigenvalue weighted by atomic mass is 9.95. The molecule has 2 aromatic rings. The third kappa shape index (κ3) is 5.09. The van der Waals surface area contributed by atoms with E-state index < -0.39 is 18.4 Å². The van der Waals surface area contributed by atoms with Crippen LogP contribution >= 0.6 is 0 Å². The van der Waals surface area contributed by atoms with Crippen molar-refractivity contribution in [1.82, 2.24) is 0 Å². The summed E-state index contributed by atoms with van der Waals surface area (Å²) in [5, 5.41) is 0. The number of ether oxygens (including phenoxy) is 5. The van der Waals surface area contributed by atoms with Crippen LogP contribution in [0.2, 0.25) is 0 Å². The number of carbonyl (C=O) groups excluding carboxylic acids is 2. The monoisotopic (exact) mass is 386 g/mol. The normalized spacial score (nSPS) is 16.2. The van der Waals surface area contributed by atoms with Crippen molar-refractivity contribution < 1.29 is 33.3 Å². The summed E-state index contributed by atoms with van der Waals surface area (Å²) < 4.78 is 26.1. The highest BCUT2D eigenvalue weighted by atomic mass is 16.7. The number of methoxy groups -OCH3 is 1. The van der Waals surface area contributed by atoms with Gasteiger partial charge in [-0.05, 0) is 36.4 Å². The quantitative estimate of drug-likeness (QED) is 0.444. The SMILES string of the molecule is COC(=O)Oc1ccc(C(=O)Oc2ccc(C3OCC(C)(C)CO3)cc2)cc1. The van der Waals surface area contributed by atoms with Gasteiger partial charge in [0.25, 0.3) is 0 Å². The molecule has 0 aromatic heterocycles. The van der Waals surface area contributed by atoms with Gasteiger partial charge >= 0.3 is 12.1 Å². The zero-order chi connectivity index (χ0) is 20.1. The summed E-state index contributed by atoms with van der Waals surface area (Å²) in [5.74, 6) is 0.146. The van der Waals surface area contributed by atoms with Gasteiger partial charge in [-0.2, -0.15) is 0 Å².